The highest BCUT2D eigenvalue weighted by molar-refractivity contribution is 4.79. The molecule has 0 aliphatic heterocycles. The van der Waals surface area contributed by atoms with Crippen LogP contribution in [0.1, 0.15) is 6.42 Å². The maximum absolute atomic E-state index is 5.13. The molecule has 0 saturated heterocycles. The molecular weight excluding hydrogens is 90.1 g/mol. The fourth-order valence-corrected chi connectivity index (χ4v) is 0.250. The van der Waals surface area contributed by atoms with Crippen LogP contribution >= 0.6 is 0 Å². The predicted molar refractivity (Wildman–Crippen MR) is 30.1 cm³/mol. The van der Waals surface area contributed by atoms with Crippen molar-refractivity contribution in [1.82, 2.24) is 0 Å². The Hall–Kier alpha value is -0.380. The minimum absolute atomic E-state index is 0.438. The van der Waals surface area contributed by atoms with Crippen LogP contribution in [0.4, 0.5) is 0 Å². The molecular formula is C4H11N3. The van der Waals surface area contributed by atoms with Crippen molar-refractivity contribution >= 4 is 0 Å². The summed E-state index contributed by atoms with van der Waals surface area (Å²) in [6.45, 7) is 3.41. The number of nitrogens with two attached hydrogens (primary N) is 3. The lowest BCUT2D eigenvalue weighted by molar-refractivity contribution is 0.469. The van der Waals surface area contributed by atoms with Gasteiger partial charge >= 0.3 is 0 Å². The summed E-state index contributed by atoms with van der Waals surface area (Å²) in [5, 5.41) is 0. The van der Waals surface area contributed by atoms with E-state index in [2.05, 4.69) is 6.58 Å². The molecule has 0 atom stereocenters. The van der Waals surface area contributed by atoms with Gasteiger partial charge in [-0.2, -0.15) is 0 Å². The van der Waals surface area contributed by atoms with Crippen LogP contribution < -0.4 is 17.2 Å². The lowest BCUT2D eigenvalue weighted by Gasteiger charge is -2.14. The quantitative estimate of drug-likeness (QED) is 0.311. The van der Waals surface area contributed by atoms with Crippen LogP contribution in [0.5, 0.6) is 0 Å². The Balaban J connectivity index is 3.34. The molecule has 0 bridgehead atoms. The van der Waals surface area contributed by atoms with Gasteiger partial charge in [-0.3, -0.25) is 0 Å². The lowest BCUT2D eigenvalue weighted by Crippen LogP contribution is -2.57. The van der Waals surface area contributed by atoms with Gasteiger partial charge in [0.1, 0.15) is 5.79 Å². The summed E-state index contributed by atoms with van der Waals surface area (Å²) in [6.07, 6.45) is 2.02. The number of rotatable bonds is 2. The van der Waals surface area contributed by atoms with E-state index < -0.39 is 5.79 Å². The number of hydrogen-bond donors (Lipinski definition) is 3. The zero-order valence-corrected chi connectivity index (χ0v) is 4.22. The molecule has 0 amide bonds. The first-order valence-electron chi connectivity index (χ1n) is 2.04. The van der Waals surface area contributed by atoms with Crippen LogP contribution in [0.3, 0.4) is 0 Å². The van der Waals surface area contributed by atoms with Crippen LogP contribution in [0.15, 0.2) is 12.7 Å². The second kappa shape index (κ2) is 2.07. The van der Waals surface area contributed by atoms with E-state index in [0.29, 0.717) is 6.42 Å². The van der Waals surface area contributed by atoms with Gasteiger partial charge in [0, 0.05) is 6.42 Å². The van der Waals surface area contributed by atoms with E-state index in [9.17, 15) is 0 Å². The highest BCUT2D eigenvalue weighted by atomic mass is 15.1. The number of hydrogen-bond acceptors (Lipinski definition) is 3. The molecule has 0 aliphatic carbocycles. The molecule has 0 aromatic rings. The average Bonchev–Trinajstić information content (AvgIpc) is 1.30. The van der Waals surface area contributed by atoms with Crippen molar-refractivity contribution in [3.05, 3.63) is 12.7 Å². The first kappa shape index (κ1) is 6.62. The Bertz CT molecular complexity index is 61.8. The van der Waals surface area contributed by atoms with Crippen LogP contribution in [0, 0.1) is 0 Å². The summed E-state index contributed by atoms with van der Waals surface area (Å²) < 4.78 is 0. The van der Waals surface area contributed by atoms with Gasteiger partial charge in [-0.1, -0.05) is 6.08 Å². The zero-order chi connectivity index (χ0) is 5.91. The first-order valence-corrected chi connectivity index (χ1v) is 2.04. The summed E-state index contributed by atoms with van der Waals surface area (Å²) in [5.41, 5.74) is 15.4. The van der Waals surface area contributed by atoms with Crippen LogP contribution in [0.25, 0.3) is 0 Å². The van der Waals surface area contributed by atoms with Gasteiger partial charge in [-0.15, -0.1) is 6.58 Å². The predicted octanol–water partition coefficient (Wildman–Crippen LogP) is -0.908. The van der Waals surface area contributed by atoms with E-state index >= 15 is 0 Å². The molecule has 0 aliphatic rings. The fourth-order valence-electron chi connectivity index (χ4n) is 0.250. The van der Waals surface area contributed by atoms with Crippen LogP contribution in [-0.4, -0.2) is 5.79 Å². The van der Waals surface area contributed by atoms with Crippen LogP contribution in [0.2, 0.25) is 0 Å². The van der Waals surface area contributed by atoms with Crippen molar-refractivity contribution in [3.8, 4) is 0 Å². The zero-order valence-electron chi connectivity index (χ0n) is 4.22. The van der Waals surface area contributed by atoms with Crippen molar-refractivity contribution in [2.45, 2.75) is 12.2 Å². The molecule has 3 heteroatoms. The molecule has 0 saturated carbocycles. The molecule has 0 rings (SSSR count). The Kier molecular flexibility index (Phi) is 1.95. The maximum Gasteiger partial charge on any atom is 0.119 e. The van der Waals surface area contributed by atoms with E-state index in [1.54, 1.807) is 6.08 Å². The first-order chi connectivity index (χ1) is 3.06. The topological polar surface area (TPSA) is 78.1 Å². The molecule has 7 heavy (non-hydrogen) atoms. The van der Waals surface area contributed by atoms with E-state index in [4.69, 9.17) is 17.2 Å². The Morgan fingerprint density at radius 1 is 1.43 bits per heavy atom. The van der Waals surface area contributed by atoms with E-state index in [1.165, 1.54) is 0 Å². The van der Waals surface area contributed by atoms with Crippen molar-refractivity contribution < 1.29 is 0 Å². The molecule has 3 nitrogen and oxygen atoms in total. The third-order valence-electron chi connectivity index (χ3n) is 0.498. The van der Waals surface area contributed by atoms with Crippen molar-refractivity contribution in [3.63, 3.8) is 0 Å². The van der Waals surface area contributed by atoms with Gasteiger partial charge in [0.15, 0.2) is 0 Å². The molecule has 6 N–H and O–H groups in total. The molecule has 0 spiro atoms. The molecule has 0 fully saturated rings. The smallest absolute Gasteiger partial charge is 0.119 e. The van der Waals surface area contributed by atoms with Crippen molar-refractivity contribution in [2.75, 3.05) is 0 Å². The maximum atomic E-state index is 5.13. The minimum atomic E-state index is -1.07. The second-order valence-corrected chi connectivity index (χ2v) is 1.61. The van der Waals surface area contributed by atoms with Gasteiger partial charge in [-0.25, -0.2) is 0 Å². The molecule has 0 aromatic carbocycles. The molecule has 0 aromatic heterocycles. The SMILES string of the molecule is C=CCC(N)(N)N. The monoisotopic (exact) mass is 101 g/mol. The average molecular weight is 101 g/mol. The highest BCUT2D eigenvalue weighted by Crippen LogP contribution is 1.85. The van der Waals surface area contributed by atoms with E-state index in [1.807, 2.05) is 0 Å². The summed E-state index contributed by atoms with van der Waals surface area (Å²) in [5.74, 6) is -1.07. The summed E-state index contributed by atoms with van der Waals surface area (Å²) in [6, 6.07) is 0. The van der Waals surface area contributed by atoms with Gasteiger partial charge in [0.25, 0.3) is 0 Å². The van der Waals surface area contributed by atoms with E-state index in [-0.39, 0.29) is 0 Å². The molecule has 0 unspecified atom stereocenters. The van der Waals surface area contributed by atoms with Crippen molar-refractivity contribution in [1.29, 1.82) is 0 Å². The standard InChI is InChI=1S/C4H11N3/c1-2-3-4(5,6)7/h2H,1,3,5-7H2. The van der Waals surface area contributed by atoms with Crippen LogP contribution in [-0.2, 0) is 0 Å². The highest BCUT2D eigenvalue weighted by Gasteiger charge is 2.05. The molecule has 0 heterocycles. The molecule has 0 radical (unpaired) electrons. The van der Waals surface area contributed by atoms with Gasteiger partial charge in [-0.05, 0) is 0 Å². The fraction of sp³-hybridized carbons (Fsp3) is 0.500. The third-order valence-corrected chi connectivity index (χ3v) is 0.498. The van der Waals surface area contributed by atoms with E-state index in [0.717, 1.165) is 0 Å². The Labute approximate surface area is 43.2 Å². The Morgan fingerprint density at radius 3 is 1.86 bits per heavy atom. The summed E-state index contributed by atoms with van der Waals surface area (Å²) in [7, 11) is 0. The summed E-state index contributed by atoms with van der Waals surface area (Å²) in [4.78, 5) is 0. The minimum Gasteiger partial charge on any atom is -0.301 e. The van der Waals surface area contributed by atoms with Crippen molar-refractivity contribution in [2.24, 2.45) is 17.2 Å². The molecule has 42 valence electrons. The third kappa shape index (κ3) is 5.62. The largest absolute Gasteiger partial charge is 0.301 e. The normalized spacial score (nSPS) is 11.3. The Morgan fingerprint density at radius 2 is 1.86 bits per heavy atom. The van der Waals surface area contributed by atoms with Gasteiger partial charge < -0.3 is 17.2 Å². The van der Waals surface area contributed by atoms with Gasteiger partial charge in [0.05, 0.1) is 0 Å². The van der Waals surface area contributed by atoms with Gasteiger partial charge in [0.2, 0.25) is 0 Å². The summed E-state index contributed by atoms with van der Waals surface area (Å²) >= 11 is 0. The lowest BCUT2D eigenvalue weighted by atomic mass is 10.3. The second-order valence-electron chi connectivity index (χ2n) is 1.61.